The zero-order chi connectivity index (χ0) is 19.4. The monoisotopic (exact) mass is 360 g/mol. The molecule has 138 valence electrons. The summed E-state index contributed by atoms with van der Waals surface area (Å²) >= 11 is 0. The number of rotatable bonds is 5. The predicted molar refractivity (Wildman–Crippen MR) is 108 cm³/mol. The van der Waals surface area contributed by atoms with Crippen molar-refractivity contribution in [3.8, 4) is 0 Å². The molecule has 0 saturated heterocycles. The van der Waals surface area contributed by atoms with Gasteiger partial charge in [-0.3, -0.25) is 4.79 Å². The van der Waals surface area contributed by atoms with E-state index in [4.69, 9.17) is 0 Å². The van der Waals surface area contributed by atoms with Crippen LogP contribution in [0.3, 0.4) is 0 Å². The molecule has 27 heavy (non-hydrogen) atoms. The average Bonchev–Trinajstić information content (AvgIpc) is 2.67. The van der Waals surface area contributed by atoms with Crippen molar-refractivity contribution in [3.63, 3.8) is 0 Å². The van der Waals surface area contributed by atoms with Gasteiger partial charge in [0, 0.05) is 18.3 Å². The normalized spacial score (nSPS) is 17.0. The Hall–Kier alpha value is -3.14. The van der Waals surface area contributed by atoms with Crippen LogP contribution in [0, 0.1) is 13.8 Å². The fourth-order valence-corrected chi connectivity index (χ4v) is 2.99. The van der Waals surface area contributed by atoms with E-state index in [9.17, 15) is 9.59 Å². The number of carbonyl (C=O) groups excluding carboxylic acids is 2. The molecular weight excluding hydrogens is 336 g/mol. The molecule has 0 saturated carbocycles. The van der Waals surface area contributed by atoms with Gasteiger partial charge in [-0.05, 0) is 38.0 Å². The molecule has 4 heteroatoms. The Morgan fingerprint density at radius 2 is 1.63 bits per heavy atom. The topological polar surface area (TPSA) is 49.4 Å². The van der Waals surface area contributed by atoms with Gasteiger partial charge in [-0.1, -0.05) is 65.7 Å². The lowest BCUT2D eigenvalue weighted by Gasteiger charge is -2.31. The first kappa shape index (κ1) is 18.6. The molecule has 3 rings (SSSR count). The van der Waals surface area contributed by atoms with Crippen LogP contribution in [0.15, 0.2) is 66.4 Å². The van der Waals surface area contributed by atoms with Crippen LogP contribution in [0.4, 0.5) is 4.79 Å². The lowest BCUT2D eigenvalue weighted by atomic mass is 9.93. The summed E-state index contributed by atoms with van der Waals surface area (Å²) in [5.74, 6) is -0.111. The number of urea groups is 1. The van der Waals surface area contributed by atoms with Gasteiger partial charge in [0.2, 0.25) is 0 Å². The molecule has 0 fully saturated rings. The summed E-state index contributed by atoms with van der Waals surface area (Å²) in [6, 6.07) is 15.2. The molecule has 0 spiro atoms. The van der Waals surface area contributed by atoms with Gasteiger partial charge in [-0.15, -0.1) is 0 Å². The van der Waals surface area contributed by atoms with E-state index in [0.717, 1.165) is 16.7 Å². The molecule has 2 amide bonds. The highest BCUT2D eigenvalue weighted by Gasteiger charge is 2.30. The summed E-state index contributed by atoms with van der Waals surface area (Å²) in [4.78, 5) is 26.7. The first-order valence-corrected chi connectivity index (χ1v) is 9.12. The molecule has 1 aliphatic rings. The zero-order valence-corrected chi connectivity index (χ0v) is 15.9. The molecule has 1 N–H and O–H groups in total. The molecule has 0 aromatic heterocycles. The molecule has 2 aromatic rings. The van der Waals surface area contributed by atoms with Gasteiger partial charge in [-0.25, -0.2) is 4.79 Å². The third-order valence-corrected chi connectivity index (χ3v) is 4.67. The van der Waals surface area contributed by atoms with Gasteiger partial charge >= 0.3 is 6.03 Å². The maximum atomic E-state index is 12.9. The Bertz CT molecular complexity index is 893. The summed E-state index contributed by atoms with van der Waals surface area (Å²) in [5, 5.41) is 2.95. The van der Waals surface area contributed by atoms with Gasteiger partial charge in [-0.2, -0.15) is 0 Å². The van der Waals surface area contributed by atoms with E-state index in [0.29, 0.717) is 12.1 Å². The molecule has 1 aliphatic heterocycles. The highest BCUT2D eigenvalue weighted by Crippen LogP contribution is 2.27. The highest BCUT2D eigenvalue weighted by molar-refractivity contribution is 6.08. The average molecular weight is 360 g/mol. The number of aryl methyl sites for hydroxylation is 2. The van der Waals surface area contributed by atoms with Crippen LogP contribution in [0.2, 0.25) is 0 Å². The van der Waals surface area contributed by atoms with E-state index < -0.39 is 6.04 Å². The van der Waals surface area contributed by atoms with Crippen molar-refractivity contribution < 1.29 is 9.59 Å². The molecule has 0 aliphatic carbocycles. The summed E-state index contributed by atoms with van der Waals surface area (Å²) in [6.07, 6.45) is 5.05. The Kier molecular flexibility index (Phi) is 5.55. The summed E-state index contributed by atoms with van der Waals surface area (Å²) in [6.45, 7) is 6.42. The fraction of sp³-hybridized carbons (Fsp3) is 0.217. The van der Waals surface area contributed by atoms with Crippen LogP contribution < -0.4 is 5.32 Å². The number of hydrogen-bond donors (Lipinski definition) is 1. The summed E-state index contributed by atoms with van der Waals surface area (Å²) in [5.41, 5.74) is 4.73. The summed E-state index contributed by atoms with van der Waals surface area (Å²) < 4.78 is 0. The van der Waals surface area contributed by atoms with Gasteiger partial charge in [0.1, 0.15) is 0 Å². The Morgan fingerprint density at radius 3 is 2.22 bits per heavy atom. The number of nitrogens with zero attached hydrogens (tertiary/aromatic N) is 1. The van der Waals surface area contributed by atoms with Crippen molar-refractivity contribution in [2.24, 2.45) is 0 Å². The minimum absolute atomic E-state index is 0.111. The number of nitrogens with one attached hydrogen (secondary N) is 1. The maximum Gasteiger partial charge on any atom is 0.322 e. The van der Waals surface area contributed by atoms with Crippen LogP contribution >= 0.6 is 0 Å². The zero-order valence-electron chi connectivity index (χ0n) is 15.9. The van der Waals surface area contributed by atoms with E-state index in [1.165, 1.54) is 10.5 Å². The van der Waals surface area contributed by atoms with Gasteiger partial charge in [0.05, 0.1) is 6.04 Å². The first-order chi connectivity index (χ1) is 13.0. The van der Waals surface area contributed by atoms with E-state index in [1.54, 1.807) is 12.3 Å². The van der Waals surface area contributed by atoms with Crippen LogP contribution in [0.25, 0.3) is 6.08 Å². The molecule has 1 atom stereocenters. The first-order valence-electron chi connectivity index (χ1n) is 9.12. The largest absolute Gasteiger partial charge is 0.327 e. The van der Waals surface area contributed by atoms with Crippen molar-refractivity contribution in [2.75, 3.05) is 6.54 Å². The van der Waals surface area contributed by atoms with E-state index in [1.807, 2.05) is 75.4 Å². The summed E-state index contributed by atoms with van der Waals surface area (Å²) in [7, 11) is 0. The maximum absolute atomic E-state index is 12.9. The lowest BCUT2D eigenvalue weighted by molar-refractivity contribution is -0.111. The Balaban J connectivity index is 1.91. The smallest absolute Gasteiger partial charge is 0.322 e. The standard InChI is InChI=1S/C23H24N2O2/c1-4-25-15-20(21(26)14-11-18-9-5-16(2)6-10-18)22(24-23(25)27)19-12-7-17(3)8-13-19/h5-15,22H,4H2,1-3H3,(H,24,27)/b14-11+. The molecular formula is C23H24N2O2. The van der Waals surface area contributed by atoms with Crippen LogP contribution in [-0.2, 0) is 4.79 Å². The second-order valence-corrected chi connectivity index (χ2v) is 6.77. The number of benzene rings is 2. The van der Waals surface area contributed by atoms with Crippen molar-refractivity contribution in [3.05, 3.63) is 88.6 Å². The Morgan fingerprint density at radius 1 is 1.04 bits per heavy atom. The lowest BCUT2D eigenvalue weighted by Crippen LogP contribution is -2.44. The number of ketones is 1. The SMILES string of the molecule is CCN1C=C(C(=O)/C=C/c2ccc(C)cc2)C(c2ccc(C)cc2)NC1=O. The third-order valence-electron chi connectivity index (χ3n) is 4.67. The van der Waals surface area contributed by atoms with Crippen molar-refractivity contribution in [1.29, 1.82) is 0 Å². The van der Waals surface area contributed by atoms with Gasteiger partial charge in [0.25, 0.3) is 0 Å². The fourth-order valence-electron chi connectivity index (χ4n) is 2.99. The van der Waals surface area contributed by atoms with E-state index in [2.05, 4.69) is 5.32 Å². The third kappa shape index (κ3) is 4.34. The van der Waals surface area contributed by atoms with Crippen molar-refractivity contribution in [1.82, 2.24) is 10.2 Å². The van der Waals surface area contributed by atoms with E-state index >= 15 is 0 Å². The molecule has 2 aromatic carbocycles. The minimum atomic E-state index is -0.448. The molecule has 1 unspecified atom stereocenters. The second-order valence-electron chi connectivity index (χ2n) is 6.77. The minimum Gasteiger partial charge on any atom is -0.327 e. The van der Waals surface area contributed by atoms with Gasteiger partial charge in [0.15, 0.2) is 5.78 Å². The van der Waals surface area contributed by atoms with Crippen molar-refractivity contribution >= 4 is 17.9 Å². The molecule has 0 radical (unpaired) electrons. The number of allylic oxidation sites excluding steroid dienone is 1. The Labute approximate surface area is 160 Å². The second kappa shape index (κ2) is 8.04. The van der Waals surface area contributed by atoms with Crippen LogP contribution in [-0.4, -0.2) is 23.3 Å². The van der Waals surface area contributed by atoms with Gasteiger partial charge < -0.3 is 10.2 Å². The number of amides is 2. The molecule has 1 heterocycles. The quantitative estimate of drug-likeness (QED) is 0.795. The predicted octanol–water partition coefficient (Wildman–Crippen LogP) is 4.56. The highest BCUT2D eigenvalue weighted by atomic mass is 16.2. The van der Waals surface area contributed by atoms with Crippen molar-refractivity contribution in [2.45, 2.75) is 26.8 Å². The molecule has 4 nitrogen and oxygen atoms in total. The molecule has 0 bridgehead atoms. The van der Waals surface area contributed by atoms with E-state index in [-0.39, 0.29) is 11.8 Å². The van der Waals surface area contributed by atoms with Crippen LogP contribution in [0.1, 0.15) is 35.2 Å². The van der Waals surface area contributed by atoms with Crippen LogP contribution in [0.5, 0.6) is 0 Å². The number of hydrogen-bond acceptors (Lipinski definition) is 2. The number of carbonyl (C=O) groups is 2.